The number of methoxy groups -OCH3 is 4. The van der Waals surface area contributed by atoms with Crippen LogP contribution in [0.15, 0.2) is 54.6 Å². The van der Waals surface area contributed by atoms with E-state index >= 15 is 0 Å². The van der Waals surface area contributed by atoms with Crippen LogP contribution in [0.3, 0.4) is 0 Å². The summed E-state index contributed by atoms with van der Waals surface area (Å²) in [5.41, 5.74) is 5.44. The molecule has 7 nitrogen and oxygen atoms in total. The van der Waals surface area contributed by atoms with Gasteiger partial charge in [0.05, 0.1) is 34.5 Å². The van der Waals surface area contributed by atoms with Crippen LogP contribution >= 0.6 is 0 Å². The van der Waals surface area contributed by atoms with Gasteiger partial charge in [-0.15, -0.1) is 0 Å². The first-order valence-electron chi connectivity index (χ1n) is 12.0. The molecule has 0 fully saturated rings. The van der Waals surface area contributed by atoms with Crippen molar-refractivity contribution in [1.29, 1.82) is 0 Å². The van der Waals surface area contributed by atoms with Crippen LogP contribution < -0.4 is 18.9 Å². The number of benzene rings is 3. The summed E-state index contributed by atoms with van der Waals surface area (Å²) in [5.74, 6) is 2.34. The van der Waals surface area contributed by atoms with Crippen LogP contribution in [0.5, 0.6) is 23.0 Å². The number of esters is 1. The van der Waals surface area contributed by atoms with Crippen LogP contribution in [0.4, 0.5) is 0 Å². The molecule has 36 heavy (non-hydrogen) atoms. The lowest BCUT2D eigenvalue weighted by atomic mass is 9.77. The summed E-state index contributed by atoms with van der Waals surface area (Å²) in [6, 6.07) is 18.2. The molecular weight excluding hydrogens is 458 g/mol. The Labute approximate surface area is 211 Å². The van der Waals surface area contributed by atoms with Gasteiger partial charge in [-0.3, -0.25) is 9.69 Å². The summed E-state index contributed by atoms with van der Waals surface area (Å²) in [4.78, 5) is 14.8. The van der Waals surface area contributed by atoms with Crippen LogP contribution in [0.1, 0.15) is 52.9 Å². The largest absolute Gasteiger partial charge is 0.493 e. The minimum absolute atomic E-state index is 0.0300. The van der Waals surface area contributed by atoms with Crippen molar-refractivity contribution < 1.29 is 28.5 Å². The number of hydrogen-bond donors (Lipinski definition) is 0. The van der Waals surface area contributed by atoms with E-state index in [1.165, 1.54) is 12.5 Å². The van der Waals surface area contributed by atoms with Crippen molar-refractivity contribution in [1.82, 2.24) is 4.90 Å². The summed E-state index contributed by atoms with van der Waals surface area (Å²) >= 11 is 0. The van der Waals surface area contributed by atoms with Crippen molar-refractivity contribution >= 4 is 5.97 Å². The highest BCUT2D eigenvalue weighted by molar-refractivity contribution is 5.67. The maximum absolute atomic E-state index is 12.4. The van der Waals surface area contributed by atoms with Gasteiger partial charge in [0, 0.05) is 25.1 Å². The second kappa shape index (κ2) is 9.74. The van der Waals surface area contributed by atoms with Gasteiger partial charge in [-0.05, 0) is 52.9 Å². The zero-order chi connectivity index (χ0) is 25.4. The minimum atomic E-state index is -0.516. The number of nitrogens with zero attached hydrogens (tertiary/aromatic N) is 1. The van der Waals surface area contributed by atoms with E-state index in [0.717, 1.165) is 28.7 Å². The van der Waals surface area contributed by atoms with Gasteiger partial charge in [0.2, 0.25) is 0 Å². The van der Waals surface area contributed by atoms with Crippen LogP contribution in [0, 0.1) is 0 Å². The van der Waals surface area contributed by atoms with E-state index in [1.54, 1.807) is 28.4 Å². The van der Waals surface area contributed by atoms with Gasteiger partial charge in [-0.25, -0.2) is 0 Å². The fourth-order valence-electron chi connectivity index (χ4n) is 5.63. The third-order valence-corrected chi connectivity index (χ3v) is 7.21. The summed E-state index contributed by atoms with van der Waals surface area (Å²) in [7, 11) is 6.55. The first kappa shape index (κ1) is 24.0. The summed E-state index contributed by atoms with van der Waals surface area (Å²) in [6.45, 7) is 2.11. The fourth-order valence-corrected chi connectivity index (χ4v) is 5.63. The van der Waals surface area contributed by atoms with Crippen molar-refractivity contribution in [2.75, 3.05) is 28.4 Å². The molecule has 0 spiro atoms. The Balaban J connectivity index is 1.74. The highest BCUT2D eigenvalue weighted by atomic mass is 16.5. The van der Waals surface area contributed by atoms with Crippen LogP contribution in [-0.4, -0.2) is 39.3 Å². The highest BCUT2D eigenvalue weighted by Crippen LogP contribution is 2.54. The summed E-state index contributed by atoms with van der Waals surface area (Å²) in [5, 5.41) is 0. The number of ether oxygens (including phenoxy) is 5. The van der Waals surface area contributed by atoms with Crippen molar-refractivity contribution in [3.8, 4) is 23.0 Å². The Kier molecular flexibility index (Phi) is 6.49. The van der Waals surface area contributed by atoms with Gasteiger partial charge in [-0.1, -0.05) is 30.3 Å². The Bertz CT molecular complexity index is 1270. The van der Waals surface area contributed by atoms with Gasteiger partial charge in [0.1, 0.15) is 6.10 Å². The smallest absolute Gasteiger partial charge is 0.303 e. The molecule has 2 aliphatic rings. The molecule has 0 aliphatic carbocycles. The van der Waals surface area contributed by atoms with Crippen LogP contribution in [0.2, 0.25) is 0 Å². The molecule has 2 aliphatic heterocycles. The number of carbonyl (C=O) groups excluding carboxylic acids is 1. The van der Waals surface area contributed by atoms with E-state index in [-0.39, 0.29) is 18.1 Å². The van der Waals surface area contributed by atoms with Crippen molar-refractivity contribution in [3.05, 3.63) is 82.4 Å². The molecule has 5 rings (SSSR count). The van der Waals surface area contributed by atoms with E-state index in [0.29, 0.717) is 29.5 Å². The molecule has 3 aromatic carbocycles. The lowest BCUT2D eigenvalue weighted by molar-refractivity contribution is -0.153. The summed E-state index contributed by atoms with van der Waals surface area (Å²) < 4.78 is 28.5. The molecule has 2 heterocycles. The Morgan fingerprint density at radius 2 is 1.33 bits per heavy atom. The van der Waals surface area contributed by atoms with E-state index in [2.05, 4.69) is 29.2 Å². The topological polar surface area (TPSA) is 66.5 Å². The molecule has 3 atom stereocenters. The molecule has 188 valence electrons. The lowest BCUT2D eigenvalue weighted by Gasteiger charge is -2.49. The summed E-state index contributed by atoms with van der Waals surface area (Å²) in [6.07, 6.45) is 0.242. The molecule has 0 unspecified atom stereocenters. The number of carbonyl (C=O) groups is 1. The van der Waals surface area contributed by atoms with Gasteiger partial charge >= 0.3 is 5.97 Å². The van der Waals surface area contributed by atoms with Crippen LogP contribution in [0.25, 0.3) is 0 Å². The van der Waals surface area contributed by atoms with Crippen LogP contribution in [-0.2, 0) is 22.5 Å². The van der Waals surface area contributed by atoms with E-state index in [9.17, 15) is 4.79 Å². The predicted octanol–water partition coefficient (Wildman–Crippen LogP) is 5.18. The molecule has 0 saturated carbocycles. The third kappa shape index (κ3) is 4.03. The van der Waals surface area contributed by atoms with E-state index in [1.807, 2.05) is 30.3 Å². The average molecular weight is 490 g/mol. The first-order chi connectivity index (χ1) is 17.5. The number of rotatable bonds is 6. The van der Waals surface area contributed by atoms with Crippen molar-refractivity contribution in [2.24, 2.45) is 0 Å². The second-order valence-electron chi connectivity index (χ2n) is 9.09. The SMILES string of the molecule is COc1cc2c(cc1OC)CN1[C@@H](C2)c2cc(OC)c(OC)cc2[C@H](OC(C)=O)[C@@H]1c1ccccc1. The first-order valence-corrected chi connectivity index (χ1v) is 12.0. The predicted molar refractivity (Wildman–Crippen MR) is 135 cm³/mol. The van der Waals surface area contributed by atoms with Gasteiger partial charge in [-0.2, -0.15) is 0 Å². The van der Waals surface area contributed by atoms with Gasteiger partial charge < -0.3 is 23.7 Å². The fraction of sp³-hybridized carbons (Fsp3) is 0.345. The molecule has 0 aromatic heterocycles. The molecule has 0 N–H and O–H groups in total. The zero-order valence-corrected chi connectivity index (χ0v) is 21.2. The molecule has 7 heteroatoms. The maximum atomic E-state index is 12.4. The molecule has 0 amide bonds. The molecule has 0 radical (unpaired) electrons. The second-order valence-corrected chi connectivity index (χ2v) is 9.09. The van der Waals surface area contributed by atoms with E-state index < -0.39 is 6.10 Å². The number of hydrogen-bond acceptors (Lipinski definition) is 7. The Morgan fingerprint density at radius 1 is 0.778 bits per heavy atom. The van der Waals surface area contributed by atoms with E-state index in [4.69, 9.17) is 23.7 Å². The lowest BCUT2D eigenvalue weighted by Crippen LogP contribution is -2.44. The molecule has 0 bridgehead atoms. The molecule has 0 saturated heterocycles. The normalized spacial score (nSPS) is 20.4. The minimum Gasteiger partial charge on any atom is -0.493 e. The number of fused-ring (bicyclic) bond motifs is 4. The quantitative estimate of drug-likeness (QED) is 0.442. The highest BCUT2D eigenvalue weighted by Gasteiger charge is 2.46. The average Bonchev–Trinajstić information content (AvgIpc) is 2.90. The maximum Gasteiger partial charge on any atom is 0.303 e. The van der Waals surface area contributed by atoms with Crippen molar-refractivity contribution in [2.45, 2.75) is 38.1 Å². The van der Waals surface area contributed by atoms with Gasteiger partial charge in [0.25, 0.3) is 0 Å². The monoisotopic (exact) mass is 489 g/mol. The third-order valence-electron chi connectivity index (χ3n) is 7.21. The van der Waals surface area contributed by atoms with Crippen molar-refractivity contribution in [3.63, 3.8) is 0 Å². The zero-order valence-electron chi connectivity index (χ0n) is 21.2. The Morgan fingerprint density at radius 3 is 1.92 bits per heavy atom. The molecule has 3 aromatic rings. The Hall–Kier alpha value is -3.71. The molecular formula is C29H31NO6. The standard InChI is InChI=1S/C29H31NO6/c1-17(31)36-29-22-15-27(35-5)26(34-4)14-21(22)23-11-19-12-24(32-2)25(33-3)13-20(19)16-30(23)28(29)18-9-7-6-8-10-18/h6-10,12-15,23,28-29H,11,16H2,1-5H3/t23-,28-,29-/m0/s1. The van der Waals surface area contributed by atoms with Gasteiger partial charge in [0.15, 0.2) is 23.0 Å².